The quantitative estimate of drug-likeness (QED) is 0.168. The van der Waals surface area contributed by atoms with E-state index in [2.05, 4.69) is 89.9 Å². The Hall–Kier alpha value is -6.92. The van der Waals surface area contributed by atoms with E-state index in [1.165, 1.54) is 5.39 Å². The van der Waals surface area contributed by atoms with Crippen LogP contribution < -0.4 is 0 Å². The molecule has 5 aromatic carbocycles. The lowest BCUT2D eigenvalue weighted by Crippen LogP contribution is -2.00. The molecule has 0 amide bonds. The largest absolute Gasteiger partial charge is 0.264 e. The maximum atomic E-state index is 5.03. The highest BCUT2D eigenvalue weighted by Gasteiger charge is 2.15. The summed E-state index contributed by atoms with van der Waals surface area (Å²) in [6, 6.07) is 51.3. The number of pyridine rings is 3. The molecule has 9 rings (SSSR count). The van der Waals surface area contributed by atoms with Crippen LogP contribution in [-0.4, -0.2) is 29.9 Å². The van der Waals surface area contributed by atoms with Crippen molar-refractivity contribution < 1.29 is 0 Å². The average molecular weight is 641 g/mol. The van der Waals surface area contributed by atoms with Crippen molar-refractivity contribution in [2.24, 2.45) is 0 Å². The Labute approximate surface area is 288 Å². The van der Waals surface area contributed by atoms with Crippen molar-refractivity contribution in [3.63, 3.8) is 0 Å². The van der Waals surface area contributed by atoms with Crippen molar-refractivity contribution in [3.8, 4) is 67.8 Å². The zero-order valence-corrected chi connectivity index (χ0v) is 26.8. The van der Waals surface area contributed by atoms with Crippen LogP contribution in [-0.2, 0) is 0 Å². The summed E-state index contributed by atoms with van der Waals surface area (Å²) in [7, 11) is 0. The Morgan fingerprint density at radius 1 is 0.340 bits per heavy atom. The van der Waals surface area contributed by atoms with Crippen LogP contribution >= 0.6 is 0 Å². The number of hydrogen-bond acceptors (Lipinski definition) is 6. The number of hydrogen-bond donors (Lipinski definition) is 0. The van der Waals surface area contributed by atoms with Gasteiger partial charge in [-0.1, -0.05) is 127 Å². The van der Waals surface area contributed by atoms with Crippen LogP contribution in [0.25, 0.3) is 89.5 Å². The van der Waals surface area contributed by atoms with Crippen LogP contribution in [0.4, 0.5) is 0 Å². The summed E-state index contributed by atoms with van der Waals surface area (Å²) in [4.78, 5) is 29.1. The second kappa shape index (κ2) is 12.6. The molecule has 50 heavy (non-hydrogen) atoms. The predicted molar refractivity (Wildman–Crippen MR) is 201 cm³/mol. The van der Waals surface area contributed by atoms with Gasteiger partial charge in [-0.15, -0.1) is 0 Å². The van der Waals surface area contributed by atoms with Gasteiger partial charge in [0, 0.05) is 51.6 Å². The van der Waals surface area contributed by atoms with E-state index in [4.69, 9.17) is 24.9 Å². The molecule has 6 heteroatoms. The first-order valence-corrected chi connectivity index (χ1v) is 16.4. The molecule has 0 radical (unpaired) electrons. The second-order valence-electron chi connectivity index (χ2n) is 12.0. The minimum Gasteiger partial charge on any atom is -0.264 e. The van der Waals surface area contributed by atoms with Gasteiger partial charge in [-0.05, 0) is 46.3 Å². The lowest BCUT2D eigenvalue weighted by atomic mass is 10.0. The minimum absolute atomic E-state index is 0.600. The van der Waals surface area contributed by atoms with Gasteiger partial charge >= 0.3 is 0 Å². The van der Waals surface area contributed by atoms with Crippen LogP contribution in [0.1, 0.15) is 0 Å². The van der Waals surface area contributed by atoms with Crippen molar-refractivity contribution in [1.82, 2.24) is 29.9 Å². The van der Waals surface area contributed by atoms with Crippen molar-refractivity contribution >= 4 is 21.7 Å². The fourth-order valence-corrected chi connectivity index (χ4v) is 6.34. The van der Waals surface area contributed by atoms with E-state index in [-0.39, 0.29) is 0 Å². The summed E-state index contributed by atoms with van der Waals surface area (Å²) in [5, 5.41) is 3.39. The van der Waals surface area contributed by atoms with E-state index in [0.717, 1.165) is 66.6 Å². The molecular weight excluding hydrogens is 613 g/mol. The first-order valence-electron chi connectivity index (χ1n) is 16.4. The molecule has 0 saturated heterocycles. The summed E-state index contributed by atoms with van der Waals surface area (Å²) in [6.07, 6.45) is 5.56. The smallest absolute Gasteiger partial charge is 0.164 e. The molecule has 0 saturated carbocycles. The minimum atomic E-state index is 0.600. The summed E-state index contributed by atoms with van der Waals surface area (Å²) in [6.45, 7) is 0. The summed E-state index contributed by atoms with van der Waals surface area (Å²) in [5.41, 5.74) is 9.52. The number of nitrogens with zero attached hydrogens (tertiary/aromatic N) is 6. The number of para-hydroxylation sites is 1. The molecule has 0 aliphatic heterocycles. The summed E-state index contributed by atoms with van der Waals surface area (Å²) < 4.78 is 0. The summed E-state index contributed by atoms with van der Waals surface area (Å²) in [5.74, 6) is 1.83. The molecule has 234 valence electrons. The SMILES string of the molecule is c1ccc(-c2nc(-c3ccc(-c4cccnc4)cc3)nc(-c3cccc(-c4ccc(-c5nc6ccccc6c6ccccc56)nc4)c3)n2)cc1. The predicted octanol–water partition coefficient (Wildman–Crippen LogP) is 10.4. The first kappa shape index (κ1) is 29.2. The third-order valence-corrected chi connectivity index (χ3v) is 8.87. The van der Waals surface area contributed by atoms with Gasteiger partial charge in [0.1, 0.15) is 0 Å². The van der Waals surface area contributed by atoms with E-state index >= 15 is 0 Å². The highest BCUT2D eigenvalue weighted by molar-refractivity contribution is 6.10. The Morgan fingerprint density at radius 2 is 0.920 bits per heavy atom. The average Bonchev–Trinajstić information content (AvgIpc) is 3.21. The molecule has 0 unspecified atom stereocenters. The molecule has 0 spiro atoms. The van der Waals surface area contributed by atoms with E-state index in [1.807, 2.05) is 79.1 Å². The van der Waals surface area contributed by atoms with Crippen molar-refractivity contribution in [3.05, 3.63) is 170 Å². The van der Waals surface area contributed by atoms with Crippen LogP contribution in [0.2, 0.25) is 0 Å². The topological polar surface area (TPSA) is 77.3 Å². The standard InChI is InChI=1S/C44H28N6/c1-2-10-30(11-3-1)42-48-43(31-21-19-29(20-22-31)34-14-9-25-45-27-34)50-44(49-42)33-13-8-12-32(26-33)35-23-24-40(46-28-35)41-38-17-5-4-15-36(38)37-16-6-7-18-39(37)47-41/h1-28H. The van der Waals surface area contributed by atoms with E-state index in [9.17, 15) is 0 Å². The molecule has 6 nitrogen and oxygen atoms in total. The van der Waals surface area contributed by atoms with E-state index in [0.29, 0.717) is 17.5 Å². The zero-order chi connectivity index (χ0) is 33.3. The number of aromatic nitrogens is 6. The highest BCUT2D eigenvalue weighted by atomic mass is 15.0. The van der Waals surface area contributed by atoms with Gasteiger partial charge in [-0.25, -0.2) is 19.9 Å². The van der Waals surface area contributed by atoms with Crippen LogP contribution in [0.15, 0.2) is 170 Å². The number of fused-ring (bicyclic) bond motifs is 3. The van der Waals surface area contributed by atoms with Gasteiger partial charge in [-0.2, -0.15) is 0 Å². The maximum absolute atomic E-state index is 5.03. The second-order valence-corrected chi connectivity index (χ2v) is 12.0. The van der Waals surface area contributed by atoms with Crippen LogP contribution in [0.5, 0.6) is 0 Å². The van der Waals surface area contributed by atoms with Crippen molar-refractivity contribution in [2.45, 2.75) is 0 Å². The van der Waals surface area contributed by atoms with Crippen molar-refractivity contribution in [1.29, 1.82) is 0 Å². The van der Waals surface area contributed by atoms with E-state index in [1.54, 1.807) is 6.20 Å². The molecule has 0 bridgehead atoms. The Kier molecular flexibility index (Phi) is 7.37. The van der Waals surface area contributed by atoms with Gasteiger partial charge in [-0.3, -0.25) is 9.97 Å². The van der Waals surface area contributed by atoms with E-state index < -0.39 is 0 Å². The van der Waals surface area contributed by atoms with Crippen LogP contribution in [0, 0.1) is 0 Å². The molecule has 9 aromatic rings. The maximum Gasteiger partial charge on any atom is 0.164 e. The number of benzene rings is 5. The molecular formula is C44H28N6. The zero-order valence-electron chi connectivity index (χ0n) is 26.8. The molecule has 0 atom stereocenters. The highest BCUT2D eigenvalue weighted by Crippen LogP contribution is 2.33. The van der Waals surface area contributed by atoms with Crippen molar-refractivity contribution in [2.75, 3.05) is 0 Å². The molecule has 0 aliphatic carbocycles. The third kappa shape index (κ3) is 5.55. The van der Waals surface area contributed by atoms with Gasteiger partial charge in [0.2, 0.25) is 0 Å². The fraction of sp³-hybridized carbons (Fsp3) is 0. The molecule has 0 N–H and O–H groups in total. The molecule has 0 fully saturated rings. The number of rotatable bonds is 6. The molecule has 0 aliphatic rings. The normalized spacial score (nSPS) is 11.2. The Morgan fingerprint density at radius 3 is 1.66 bits per heavy atom. The lowest BCUT2D eigenvalue weighted by Gasteiger charge is -2.11. The van der Waals surface area contributed by atoms with Crippen LogP contribution in [0.3, 0.4) is 0 Å². The fourth-order valence-electron chi connectivity index (χ4n) is 6.34. The Balaban J connectivity index is 1.09. The van der Waals surface area contributed by atoms with Gasteiger partial charge in [0.25, 0.3) is 0 Å². The lowest BCUT2D eigenvalue weighted by molar-refractivity contribution is 1.07. The summed E-state index contributed by atoms with van der Waals surface area (Å²) >= 11 is 0. The molecule has 4 heterocycles. The van der Waals surface area contributed by atoms with Gasteiger partial charge in [0.05, 0.1) is 16.9 Å². The Bertz CT molecular complexity index is 2620. The monoisotopic (exact) mass is 640 g/mol. The molecule has 4 aromatic heterocycles. The first-order chi connectivity index (χ1) is 24.8. The van der Waals surface area contributed by atoms with Gasteiger partial charge in [0.15, 0.2) is 17.5 Å². The third-order valence-electron chi connectivity index (χ3n) is 8.87. The van der Waals surface area contributed by atoms with Gasteiger partial charge < -0.3 is 0 Å².